The molecule has 2 aromatic carbocycles. The van der Waals surface area contributed by atoms with Gasteiger partial charge in [-0.2, -0.15) is 0 Å². The number of halogens is 1. The number of hydrogen-bond donors (Lipinski definition) is 2. The fraction of sp³-hybridized carbons (Fsp3) is 0.654. The number of aliphatic hydroxyl groups excluding tert-OH is 2. The Bertz CT molecular complexity index is 1780. The standard InChI is InChI=1S/C52H76FN3O7/c1-4-7-8-9-10-11-12-13-14-21-49(59)56(38-39-22-24-41(53)25-23-39)48-37-46(54-62-6-3)44-35-40(19-15-17-31-57)43(20-16-18-32-58)50-45-36-42(60-34-30-55-28-29-55)26-27-47(45)63-52(48,51(44)50)61-33-5-2/h5,22-27,35-36,40,43,48,50-51,57-58H,2,4,6-21,28-34,37-38H2,1,3H3/t40-,43+,48-,50+,51+,52+/m0/s1. The lowest BCUT2D eigenvalue weighted by molar-refractivity contribution is -0.258. The number of amides is 1. The molecule has 2 aliphatic carbocycles. The smallest absolute Gasteiger partial charge is 0.239 e. The molecule has 11 heteroatoms. The molecule has 0 unspecified atom stereocenters. The number of fused-ring (bicyclic) bond motifs is 2. The number of allylic oxidation sites excluding steroid dienone is 1. The quantitative estimate of drug-likeness (QED) is 0.0345. The molecule has 2 N–H and O–H groups in total. The lowest BCUT2D eigenvalue weighted by Gasteiger charge is -2.60. The van der Waals surface area contributed by atoms with Gasteiger partial charge in [0, 0.05) is 63.7 Å². The predicted octanol–water partition coefficient (Wildman–Crippen LogP) is 10.1. The number of ether oxygens (including phenoxy) is 3. The molecule has 6 atom stereocenters. The number of benzene rings is 2. The van der Waals surface area contributed by atoms with Gasteiger partial charge in [0.15, 0.2) is 0 Å². The maximum Gasteiger partial charge on any atom is 0.239 e. The summed E-state index contributed by atoms with van der Waals surface area (Å²) < 4.78 is 35.4. The summed E-state index contributed by atoms with van der Waals surface area (Å²) in [6.45, 7) is 13.0. The summed E-state index contributed by atoms with van der Waals surface area (Å²) in [5, 5.41) is 24.7. The first-order valence-electron chi connectivity index (χ1n) is 24.5. The molecule has 4 aliphatic rings. The van der Waals surface area contributed by atoms with Crippen molar-refractivity contribution in [3.05, 3.63) is 83.7 Å². The predicted molar refractivity (Wildman–Crippen MR) is 247 cm³/mol. The van der Waals surface area contributed by atoms with Crippen LogP contribution in [0.5, 0.6) is 11.5 Å². The number of oxime groups is 1. The van der Waals surface area contributed by atoms with Crippen molar-refractivity contribution < 1.29 is 38.4 Å². The van der Waals surface area contributed by atoms with E-state index in [9.17, 15) is 14.6 Å². The minimum Gasteiger partial charge on any atom is -0.492 e. The van der Waals surface area contributed by atoms with Gasteiger partial charge in [-0.15, -0.1) is 6.58 Å². The molecule has 348 valence electrons. The molecule has 0 bridgehead atoms. The first kappa shape index (κ1) is 48.7. The fourth-order valence-corrected chi connectivity index (χ4v) is 10.4. The lowest BCUT2D eigenvalue weighted by Crippen LogP contribution is -2.70. The van der Waals surface area contributed by atoms with Gasteiger partial charge < -0.3 is 34.2 Å². The van der Waals surface area contributed by atoms with Gasteiger partial charge in [-0.25, -0.2) is 4.39 Å². The van der Waals surface area contributed by atoms with Crippen LogP contribution in [0, 0.1) is 23.6 Å². The average molecular weight is 874 g/mol. The minimum absolute atomic E-state index is 0.00433. The third-order valence-electron chi connectivity index (χ3n) is 13.6. The molecule has 10 nitrogen and oxygen atoms in total. The van der Waals surface area contributed by atoms with Crippen LogP contribution in [0.25, 0.3) is 0 Å². The summed E-state index contributed by atoms with van der Waals surface area (Å²) in [5.74, 6) is -0.506. The van der Waals surface area contributed by atoms with Crippen LogP contribution in [-0.2, 0) is 20.9 Å². The van der Waals surface area contributed by atoms with Gasteiger partial charge in [0.2, 0.25) is 11.7 Å². The minimum atomic E-state index is -1.36. The molecule has 0 spiro atoms. The number of aliphatic hydroxyl groups is 2. The second kappa shape index (κ2) is 25.1. The number of unbranched alkanes of at least 4 members (excludes halogenated alkanes) is 10. The van der Waals surface area contributed by atoms with Crippen molar-refractivity contribution in [3.8, 4) is 11.5 Å². The maximum atomic E-state index is 15.0. The van der Waals surface area contributed by atoms with E-state index in [-0.39, 0.29) is 55.8 Å². The normalized spacial score (nSPS) is 24.2. The molecule has 2 fully saturated rings. The highest BCUT2D eigenvalue weighted by molar-refractivity contribution is 6.03. The summed E-state index contributed by atoms with van der Waals surface area (Å²) >= 11 is 0. The summed E-state index contributed by atoms with van der Waals surface area (Å²) in [4.78, 5) is 25.2. The van der Waals surface area contributed by atoms with Crippen molar-refractivity contribution in [2.45, 2.75) is 147 Å². The van der Waals surface area contributed by atoms with E-state index in [4.69, 9.17) is 24.2 Å². The molecule has 6 rings (SSSR count). The second-order valence-corrected chi connectivity index (χ2v) is 18.1. The van der Waals surface area contributed by atoms with Gasteiger partial charge in [-0.1, -0.05) is 101 Å². The van der Waals surface area contributed by atoms with Gasteiger partial charge in [0.25, 0.3) is 0 Å². The number of rotatable bonds is 30. The fourth-order valence-electron chi connectivity index (χ4n) is 10.4. The molecule has 0 aromatic heterocycles. The van der Waals surface area contributed by atoms with Crippen LogP contribution in [0.15, 0.2) is 71.9 Å². The average Bonchev–Trinajstić information content (AvgIpc) is 4.12. The zero-order chi connectivity index (χ0) is 44.4. The molecule has 1 saturated carbocycles. The van der Waals surface area contributed by atoms with E-state index in [0.717, 1.165) is 92.7 Å². The van der Waals surface area contributed by atoms with Crippen molar-refractivity contribution in [2.75, 3.05) is 52.7 Å². The van der Waals surface area contributed by atoms with Crippen LogP contribution in [-0.4, -0.2) is 96.1 Å². The van der Waals surface area contributed by atoms with Crippen LogP contribution in [0.3, 0.4) is 0 Å². The summed E-state index contributed by atoms with van der Waals surface area (Å²) in [5.41, 5.74) is 3.63. The lowest BCUT2D eigenvalue weighted by atomic mass is 9.55. The highest BCUT2D eigenvalue weighted by atomic mass is 19.1. The van der Waals surface area contributed by atoms with E-state index in [1.165, 1.54) is 50.7 Å². The monoisotopic (exact) mass is 874 g/mol. The van der Waals surface area contributed by atoms with Crippen molar-refractivity contribution in [2.24, 2.45) is 22.9 Å². The van der Waals surface area contributed by atoms with Crippen molar-refractivity contribution in [1.82, 2.24) is 9.80 Å². The third kappa shape index (κ3) is 13.0. The number of carbonyl (C=O) groups excluding carboxylic acids is 1. The molecule has 0 radical (unpaired) electrons. The first-order chi connectivity index (χ1) is 30.9. The van der Waals surface area contributed by atoms with Crippen molar-refractivity contribution in [1.29, 1.82) is 0 Å². The van der Waals surface area contributed by atoms with E-state index in [1.807, 2.05) is 24.0 Å². The van der Waals surface area contributed by atoms with Gasteiger partial charge in [-0.05, 0) is 92.3 Å². The van der Waals surface area contributed by atoms with Crippen LogP contribution in [0.1, 0.15) is 140 Å². The Labute approximate surface area is 376 Å². The topological polar surface area (TPSA) is 113 Å². The van der Waals surface area contributed by atoms with Gasteiger partial charge in [0.1, 0.15) is 36.6 Å². The van der Waals surface area contributed by atoms with Crippen LogP contribution in [0.4, 0.5) is 4.39 Å². The molecule has 1 amide bonds. The summed E-state index contributed by atoms with van der Waals surface area (Å²) in [7, 11) is 0. The first-order valence-corrected chi connectivity index (χ1v) is 24.5. The Morgan fingerprint density at radius 1 is 0.952 bits per heavy atom. The molecule has 63 heavy (non-hydrogen) atoms. The zero-order valence-corrected chi connectivity index (χ0v) is 38.3. The molecule has 2 heterocycles. The Morgan fingerprint density at radius 2 is 1.67 bits per heavy atom. The molecule has 2 aromatic rings. The number of carbonyl (C=O) groups is 1. The zero-order valence-electron chi connectivity index (χ0n) is 38.3. The van der Waals surface area contributed by atoms with Crippen molar-refractivity contribution >= 4 is 11.6 Å². The van der Waals surface area contributed by atoms with Crippen molar-refractivity contribution in [3.63, 3.8) is 0 Å². The van der Waals surface area contributed by atoms with Crippen LogP contribution >= 0.6 is 0 Å². The highest BCUT2D eigenvalue weighted by Crippen LogP contribution is 2.62. The molecule has 1 saturated heterocycles. The van der Waals surface area contributed by atoms with E-state index >= 15 is 4.79 Å². The number of nitrogens with zero attached hydrogens (tertiary/aromatic N) is 3. The molecular formula is C52H76FN3O7. The van der Waals surface area contributed by atoms with Crippen LogP contribution < -0.4 is 9.47 Å². The second-order valence-electron chi connectivity index (χ2n) is 18.1. The largest absolute Gasteiger partial charge is 0.492 e. The Balaban J connectivity index is 1.46. The molecule has 2 aliphatic heterocycles. The van der Waals surface area contributed by atoms with Gasteiger partial charge >= 0.3 is 0 Å². The van der Waals surface area contributed by atoms with Gasteiger partial charge in [0.05, 0.1) is 18.2 Å². The highest BCUT2D eigenvalue weighted by Gasteiger charge is 2.65. The maximum absolute atomic E-state index is 15.0. The summed E-state index contributed by atoms with van der Waals surface area (Å²) in [6, 6.07) is 11.9. The van der Waals surface area contributed by atoms with E-state index in [1.54, 1.807) is 18.2 Å². The van der Waals surface area contributed by atoms with E-state index in [2.05, 4.69) is 30.5 Å². The van der Waals surface area contributed by atoms with E-state index in [0.29, 0.717) is 44.6 Å². The molecular weight excluding hydrogens is 798 g/mol. The number of hydrogen-bond acceptors (Lipinski definition) is 9. The third-order valence-corrected chi connectivity index (χ3v) is 13.6. The Morgan fingerprint density at radius 3 is 2.35 bits per heavy atom. The SMILES string of the molecule is C=CCO[C@@]12Oc3ccc(OCCN4CC4)cc3[C@H]3[C@H](CCCCO)[C@@H](CCCCO)C=C(C(=NOCC)C[C@@H]1N(Cc1ccc(F)cc1)C(=O)CCCCCCCCCCC)[C@H]32. The Kier molecular flexibility index (Phi) is 19.4. The summed E-state index contributed by atoms with van der Waals surface area (Å²) in [6.07, 6.45) is 19.9. The van der Waals surface area contributed by atoms with E-state index < -0.39 is 17.7 Å². The van der Waals surface area contributed by atoms with Gasteiger partial charge in [-0.3, -0.25) is 9.69 Å². The Hall–Kier alpha value is -3.77. The van der Waals surface area contributed by atoms with Crippen LogP contribution in [0.2, 0.25) is 0 Å².